The summed E-state index contributed by atoms with van der Waals surface area (Å²) in [4.78, 5) is 0. The summed E-state index contributed by atoms with van der Waals surface area (Å²) in [5, 5.41) is 12.9. The fraction of sp³-hybridized carbons (Fsp3) is 0.333. The van der Waals surface area contributed by atoms with Crippen molar-refractivity contribution in [3.8, 4) is 5.75 Å². The molecule has 0 bridgehead atoms. The maximum Gasteiger partial charge on any atom is 0.134 e. The molecule has 1 heterocycles. The third-order valence-electron chi connectivity index (χ3n) is 2.20. The van der Waals surface area contributed by atoms with Gasteiger partial charge in [-0.3, -0.25) is 0 Å². The molecule has 0 aliphatic carbocycles. The van der Waals surface area contributed by atoms with Gasteiger partial charge in [0.15, 0.2) is 0 Å². The van der Waals surface area contributed by atoms with Gasteiger partial charge in [0.2, 0.25) is 0 Å². The highest BCUT2D eigenvalue weighted by molar-refractivity contribution is 6.32. The monoisotopic (exact) mass is 219 g/mol. The van der Waals surface area contributed by atoms with Crippen molar-refractivity contribution in [2.75, 3.05) is 6.54 Å². The minimum absolute atomic E-state index is 0. The average molecular weight is 220 g/mol. The van der Waals surface area contributed by atoms with Crippen LogP contribution in [0, 0.1) is 0 Å². The number of rotatable bonds is 1. The number of nitrogens with one attached hydrogen (secondary N) is 1. The van der Waals surface area contributed by atoms with Crippen molar-refractivity contribution >= 4 is 24.0 Å². The second kappa shape index (κ2) is 4.18. The summed E-state index contributed by atoms with van der Waals surface area (Å²) < 4.78 is 0. The molecular weight excluding hydrogens is 209 g/mol. The molecule has 2 rings (SSSR count). The standard InChI is InChI=1S/C9H10ClNO.ClH/c10-7-5-6(1-2-9(7)12)8-3-4-11-8;/h1-2,5,8,11-12H,3-4H2;1H/t8-;/m1./s1. The normalized spacial score (nSPS) is 20.2. The van der Waals surface area contributed by atoms with E-state index in [0.717, 1.165) is 18.5 Å². The van der Waals surface area contributed by atoms with Gasteiger partial charge in [-0.25, -0.2) is 0 Å². The molecule has 0 spiro atoms. The first-order chi connectivity index (χ1) is 5.77. The number of benzene rings is 1. The molecule has 13 heavy (non-hydrogen) atoms. The molecule has 1 aliphatic rings. The molecule has 0 unspecified atom stereocenters. The average Bonchev–Trinajstić information content (AvgIpc) is 1.93. The van der Waals surface area contributed by atoms with Crippen LogP contribution in [0.2, 0.25) is 5.02 Å². The van der Waals surface area contributed by atoms with Crippen molar-refractivity contribution in [1.29, 1.82) is 0 Å². The van der Waals surface area contributed by atoms with E-state index in [1.54, 1.807) is 6.07 Å². The number of hydrogen-bond donors (Lipinski definition) is 2. The highest BCUT2D eigenvalue weighted by Crippen LogP contribution is 2.29. The number of phenolic OH excluding ortho intramolecular Hbond substituents is 1. The summed E-state index contributed by atoms with van der Waals surface area (Å²) in [6.45, 7) is 1.07. The zero-order chi connectivity index (χ0) is 8.55. The Kier molecular flexibility index (Phi) is 3.42. The lowest BCUT2D eigenvalue weighted by Gasteiger charge is -2.28. The predicted octanol–water partition coefficient (Wildman–Crippen LogP) is 2.50. The lowest BCUT2D eigenvalue weighted by molar-refractivity contribution is 0.382. The second-order valence-electron chi connectivity index (χ2n) is 3.01. The Morgan fingerprint density at radius 1 is 1.46 bits per heavy atom. The van der Waals surface area contributed by atoms with Crippen LogP contribution in [-0.4, -0.2) is 11.7 Å². The SMILES string of the molecule is Cl.Oc1ccc([C@H]2CCN2)cc1Cl. The lowest BCUT2D eigenvalue weighted by atomic mass is 9.98. The van der Waals surface area contributed by atoms with Gasteiger partial charge in [-0.05, 0) is 30.7 Å². The van der Waals surface area contributed by atoms with Crippen LogP contribution in [0.25, 0.3) is 0 Å². The topological polar surface area (TPSA) is 32.3 Å². The molecule has 0 saturated carbocycles. The fourth-order valence-corrected chi connectivity index (χ4v) is 1.50. The second-order valence-corrected chi connectivity index (χ2v) is 3.41. The van der Waals surface area contributed by atoms with Crippen molar-refractivity contribution in [3.05, 3.63) is 28.8 Å². The van der Waals surface area contributed by atoms with E-state index in [0.29, 0.717) is 11.1 Å². The molecule has 1 fully saturated rings. The number of halogens is 2. The molecule has 2 nitrogen and oxygen atoms in total. The molecule has 1 saturated heterocycles. The van der Waals surface area contributed by atoms with E-state index in [-0.39, 0.29) is 18.2 Å². The van der Waals surface area contributed by atoms with Gasteiger partial charge in [0, 0.05) is 6.04 Å². The maximum atomic E-state index is 9.16. The van der Waals surface area contributed by atoms with E-state index in [2.05, 4.69) is 5.32 Å². The van der Waals surface area contributed by atoms with E-state index >= 15 is 0 Å². The predicted molar refractivity (Wildman–Crippen MR) is 55.7 cm³/mol. The Morgan fingerprint density at radius 2 is 2.15 bits per heavy atom. The largest absolute Gasteiger partial charge is 0.506 e. The zero-order valence-electron chi connectivity index (χ0n) is 6.96. The molecule has 2 N–H and O–H groups in total. The summed E-state index contributed by atoms with van der Waals surface area (Å²) in [6, 6.07) is 5.78. The molecule has 4 heteroatoms. The Morgan fingerprint density at radius 3 is 2.62 bits per heavy atom. The van der Waals surface area contributed by atoms with Crippen LogP contribution >= 0.6 is 24.0 Å². The minimum atomic E-state index is 0. The number of aromatic hydroxyl groups is 1. The third kappa shape index (κ3) is 2.08. The van der Waals surface area contributed by atoms with E-state index in [1.165, 1.54) is 0 Å². The minimum Gasteiger partial charge on any atom is -0.506 e. The van der Waals surface area contributed by atoms with Crippen molar-refractivity contribution in [2.45, 2.75) is 12.5 Å². The molecule has 0 amide bonds. The van der Waals surface area contributed by atoms with Crippen LogP contribution in [0.15, 0.2) is 18.2 Å². The fourth-order valence-electron chi connectivity index (χ4n) is 1.31. The molecule has 0 aromatic heterocycles. The molecule has 1 atom stereocenters. The quantitative estimate of drug-likeness (QED) is 0.762. The highest BCUT2D eigenvalue weighted by atomic mass is 35.5. The van der Waals surface area contributed by atoms with E-state index in [1.807, 2.05) is 12.1 Å². The van der Waals surface area contributed by atoms with Gasteiger partial charge in [0.25, 0.3) is 0 Å². The zero-order valence-corrected chi connectivity index (χ0v) is 8.53. The van der Waals surface area contributed by atoms with E-state index in [4.69, 9.17) is 16.7 Å². The molecule has 1 aliphatic heterocycles. The van der Waals surface area contributed by atoms with Crippen LogP contribution in [0.1, 0.15) is 18.0 Å². The van der Waals surface area contributed by atoms with Gasteiger partial charge in [0.05, 0.1) is 5.02 Å². The van der Waals surface area contributed by atoms with Crippen LogP contribution < -0.4 is 5.32 Å². The van der Waals surface area contributed by atoms with Crippen LogP contribution in [0.4, 0.5) is 0 Å². The first kappa shape index (κ1) is 10.6. The van der Waals surface area contributed by atoms with Gasteiger partial charge in [-0.2, -0.15) is 0 Å². The summed E-state index contributed by atoms with van der Waals surface area (Å²) in [5.74, 6) is 0.153. The van der Waals surface area contributed by atoms with E-state index < -0.39 is 0 Å². The summed E-state index contributed by atoms with van der Waals surface area (Å²) in [7, 11) is 0. The highest BCUT2D eigenvalue weighted by Gasteiger charge is 2.18. The van der Waals surface area contributed by atoms with Crippen molar-refractivity contribution < 1.29 is 5.11 Å². The van der Waals surface area contributed by atoms with Crippen molar-refractivity contribution in [3.63, 3.8) is 0 Å². The van der Waals surface area contributed by atoms with Gasteiger partial charge < -0.3 is 10.4 Å². The maximum absolute atomic E-state index is 9.16. The molecular formula is C9H11Cl2NO. The molecule has 72 valence electrons. The van der Waals surface area contributed by atoms with Gasteiger partial charge in [0.1, 0.15) is 5.75 Å². The van der Waals surface area contributed by atoms with Crippen LogP contribution in [0.3, 0.4) is 0 Å². The molecule has 0 radical (unpaired) electrons. The summed E-state index contributed by atoms with van der Waals surface area (Å²) in [5.41, 5.74) is 1.16. The van der Waals surface area contributed by atoms with Gasteiger partial charge in [-0.1, -0.05) is 17.7 Å². The van der Waals surface area contributed by atoms with Crippen molar-refractivity contribution in [1.82, 2.24) is 5.32 Å². The Balaban J connectivity index is 0.000000845. The summed E-state index contributed by atoms with van der Waals surface area (Å²) in [6.07, 6.45) is 1.15. The third-order valence-corrected chi connectivity index (χ3v) is 2.50. The summed E-state index contributed by atoms with van der Waals surface area (Å²) >= 11 is 5.76. The van der Waals surface area contributed by atoms with Crippen LogP contribution in [0.5, 0.6) is 5.75 Å². The number of hydrogen-bond acceptors (Lipinski definition) is 2. The number of phenols is 1. The lowest BCUT2D eigenvalue weighted by Crippen LogP contribution is -2.34. The van der Waals surface area contributed by atoms with E-state index in [9.17, 15) is 0 Å². The Hall–Kier alpha value is -0.440. The van der Waals surface area contributed by atoms with Gasteiger partial charge in [-0.15, -0.1) is 12.4 Å². The van der Waals surface area contributed by atoms with Crippen molar-refractivity contribution in [2.24, 2.45) is 0 Å². The van der Waals surface area contributed by atoms with Gasteiger partial charge >= 0.3 is 0 Å². The van der Waals surface area contributed by atoms with Crippen LogP contribution in [-0.2, 0) is 0 Å². The molecule has 1 aromatic rings. The first-order valence-corrected chi connectivity index (χ1v) is 4.37. The molecule has 1 aromatic carbocycles. The Labute approximate surface area is 88.3 Å². The Bertz CT molecular complexity index is 300. The first-order valence-electron chi connectivity index (χ1n) is 3.99. The smallest absolute Gasteiger partial charge is 0.134 e.